The van der Waals surface area contributed by atoms with Crippen LogP contribution in [0.25, 0.3) is 0 Å². The van der Waals surface area contributed by atoms with E-state index in [-0.39, 0.29) is 12.1 Å². The largest absolute Gasteiger partial charge is 0.461 e. The molecule has 4 atom stereocenters. The van der Waals surface area contributed by atoms with Gasteiger partial charge in [0.05, 0.1) is 0 Å². The van der Waals surface area contributed by atoms with Crippen molar-refractivity contribution >= 4 is 5.97 Å². The number of carbonyl (C=O) groups excluding carboxylic acids is 1. The molecule has 0 amide bonds. The van der Waals surface area contributed by atoms with E-state index in [4.69, 9.17) is 10.5 Å². The van der Waals surface area contributed by atoms with Crippen LogP contribution in [0.15, 0.2) is 30.3 Å². The number of benzene rings is 1. The van der Waals surface area contributed by atoms with Crippen molar-refractivity contribution in [1.29, 1.82) is 0 Å². The Bertz CT molecular complexity index is 472. The van der Waals surface area contributed by atoms with Crippen molar-refractivity contribution in [3.8, 4) is 0 Å². The van der Waals surface area contributed by atoms with Crippen molar-refractivity contribution in [2.75, 3.05) is 0 Å². The van der Waals surface area contributed by atoms with E-state index in [0.717, 1.165) is 18.4 Å². The predicted octanol–water partition coefficient (Wildman–Crippen LogP) is 3.56. The van der Waals surface area contributed by atoms with Gasteiger partial charge in [-0.3, -0.25) is 4.79 Å². The molecule has 0 aliphatic heterocycles. The van der Waals surface area contributed by atoms with Crippen LogP contribution in [0.5, 0.6) is 0 Å². The van der Waals surface area contributed by atoms with Crippen LogP contribution in [0.4, 0.5) is 0 Å². The second-order valence-corrected chi connectivity index (χ2v) is 7.10. The van der Waals surface area contributed by atoms with Gasteiger partial charge in [-0.2, -0.15) is 0 Å². The van der Waals surface area contributed by atoms with E-state index in [0.29, 0.717) is 24.2 Å². The summed E-state index contributed by atoms with van der Waals surface area (Å²) in [5, 5.41) is 0. The summed E-state index contributed by atoms with van der Waals surface area (Å²) in [4.78, 5) is 12.3. The van der Waals surface area contributed by atoms with Crippen LogP contribution in [-0.2, 0) is 16.0 Å². The van der Waals surface area contributed by atoms with E-state index in [1.54, 1.807) is 0 Å². The van der Waals surface area contributed by atoms with Crippen molar-refractivity contribution < 1.29 is 9.53 Å². The van der Waals surface area contributed by atoms with Gasteiger partial charge in [0.2, 0.25) is 0 Å². The van der Waals surface area contributed by atoms with Gasteiger partial charge in [0.25, 0.3) is 0 Å². The molecule has 1 aliphatic carbocycles. The lowest BCUT2D eigenvalue weighted by molar-refractivity contribution is -0.157. The maximum Gasteiger partial charge on any atom is 0.323 e. The van der Waals surface area contributed by atoms with Crippen molar-refractivity contribution in [2.45, 2.75) is 58.6 Å². The molecule has 0 saturated heterocycles. The Morgan fingerprint density at radius 1 is 1.27 bits per heavy atom. The van der Waals surface area contributed by atoms with Crippen molar-refractivity contribution in [3.63, 3.8) is 0 Å². The Balaban J connectivity index is 1.94. The van der Waals surface area contributed by atoms with Crippen LogP contribution in [-0.4, -0.2) is 18.1 Å². The molecule has 1 aromatic rings. The lowest BCUT2D eigenvalue weighted by Crippen LogP contribution is -2.41. The topological polar surface area (TPSA) is 52.3 Å². The first-order chi connectivity index (χ1) is 10.5. The average Bonchev–Trinajstić information content (AvgIpc) is 2.48. The van der Waals surface area contributed by atoms with Crippen molar-refractivity contribution in [2.24, 2.45) is 23.5 Å². The summed E-state index contributed by atoms with van der Waals surface area (Å²) in [6.45, 7) is 6.66. The second kappa shape index (κ2) is 7.77. The Labute approximate surface area is 134 Å². The fraction of sp³-hybridized carbons (Fsp3) is 0.632. The standard InChI is InChI=1S/C19H29NO2/c1-13(2)16-10-9-14(3)11-18(16)22-19(21)17(20)12-15-7-5-4-6-8-15/h4-8,13-14,16-18H,9-12,20H2,1-3H3/t14-,16+,17-,18-/m1/s1. The first-order valence-electron chi connectivity index (χ1n) is 8.47. The van der Waals surface area contributed by atoms with Crippen LogP contribution in [0.3, 0.4) is 0 Å². The Morgan fingerprint density at radius 3 is 2.59 bits per heavy atom. The molecule has 0 aromatic heterocycles. The minimum Gasteiger partial charge on any atom is -0.461 e. The molecule has 3 nitrogen and oxygen atoms in total. The van der Waals surface area contributed by atoms with Gasteiger partial charge in [0.15, 0.2) is 0 Å². The SMILES string of the molecule is CC(C)[C@@H]1CC[C@@H](C)C[C@H]1OC(=O)[C@H](N)Cc1ccccc1. The predicted molar refractivity (Wildman–Crippen MR) is 89.3 cm³/mol. The second-order valence-electron chi connectivity index (χ2n) is 7.10. The van der Waals surface area contributed by atoms with E-state index in [1.165, 1.54) is 6.42 Å². The first-order valence-corrected chi connectivity index (χ1v) is 8.47. The Hall–Kier alpha value is -1.35. The lowest BCUT2D eigenvalue weighted by atomic mass is 9.75. The molecule has 0 radical (unpaired) electrons. The van der Waals surface area contributed by atoms with Gasteiger partial charge in [-0.1, -0.05) is 57.5 Å². The molecular formula is C19H29NO2. The van der Waals surface area contributed by atoms with Crippen LogP contribution in [0, 0.1) is 17.8 Å². The third-order valence-corrected chi connectivity index (χ3v) is 4.83. The molecule has 2 N–H and O–H groups in total. The molecule has 1 aromatic carbocycles. The van der Waals surface area contributed by atoms with Gasteiger partial charge in [0.1, 0.15) is 12.1 Å². The molecule has 2 rings (SSSR count). The number of rotatable bonds is 5. The molecule has 0 unspecified atom stereocenters. The van der Waals surface area contributed by atoms with E-state index >= 15 is 0 Å². The quantitative estimate of drug-likeness (QED) is 0.846. The van der Waals surface area contributed by atoms with E-state index < -0.39 is 6.04 Å². The Morgan fingerprint density at radius 2 is 1.95 bits per heavy atom. The molecule has 1 saturated carbocycles. The zero-order chi connectivity index (χ0) is 16.1. The van der Waals surface area contributed by atoms with Crippen LogP contribution in [0.1, 0.15) is 45.6 Å². The van der Waals surface area contributed by atoms with E-state index in [9.17, 15) is 4.79 Å². The van der Waals surface area contributed by atoms with Gasteiger partial charge in [0, 0.05) is 0 Å². The number of nitrogens with two attached hydrogens (primary N) is 1. The van der Waals surface area contributed by atoms with Crippen LogP contribution >= 0.6 is 0 Å². The molecule has 0 bridgehead atoms. The summed E-state index contributed by atoms with van der Waals surface area (Å²) >= 11 is 0. The van der Waals surface area contributed by atoms with Gasteiger partial charge in [-0.05, 0) is 42.6 Å². The zero-order valence-electron chi connectivity index (χ0n) is 14.0. The van der Waals surface area contributed by atoms with Gasteiger partial charge < -0.3 is 10.5 Å². The molecular weight excluding hydrogens is 274 g/mol. The highest BCUT2D eigenvalue weighted by atomic mass is 16.5. The summed E-state index contributed by atoms with van der Waals surface area (Å²) in [5.74, 6) is 1.37. The highest BCUT2D eigenvalue weighted by molar-refractivity contribution is 5.76. The van der Waals surface area contributed by atoms with Crippen LogP contribution in [0.2, 0.25) is 0 Å². The van der Waals surface area contributed by atoms with Gasteiger partial charge >= 0.3 is 5.97 Å². The molecule has 22 heavy (non-hydrogen) atoms. The molecule has 1 aliphatic rings. The van der Waals surface area contributed by atoms with Crippen LogP contribution < -0.4 is 5.73 Å². The van der Waals surface area contributed by atoms with Crippen molar-refractivity contribution in [3.05, 3.63) is 35.9 Å². The summed E-state index contributed by atoms with van der Waals surface area (Å²) in [6.07, 6.45) is 3.90. The number of hydrogen-bond acceptors (Lipinski definition) is 3. The number of carbonyl (C=O) groups is 1. The van der Waals surface area contributed by atoms with Gasteiger partial charge in [-0.25, -0.2) is 0 Å². The number of ether oxygens (including phenoxy) is 1. The van der Waals surface area contributed by atoms with Crippen molar-refractivity contribution in [1.82, 2.24) is 0 Å². The maximum absolute atomic E-state index is 12.3. The number of esters is 1. The summed E-state index contributed by atoms with van der Waals surface area (Å²) < 4.78 is 5.81. The molecule has 0 heterocycles. The minimum atomic E-state index is -0.576. The fourth-order valence-corrected chi connectivity index (χ4v) is 3.44. The molecule has 3 heteroatoms. The monoisotopic (exact) mass is 303 g/mol. The molecule has 0 spiro atoms. The van der Waals surface area contributed by atoms with Gasteiger partial charge in [-0.15, -0.1) is 0 Å². The maximum atomic E-state index is 12.3. The third-order valence-electron chi connectivity index (χ3n) is 4.83. The minimum absolute atomic E-state index is 0.0260. The third kappa shape index (κ3) is 4.57. The molecule has 122 valence electrons. The Kier molecular flexibility index (Phi) is 6.01. The highest BCUT2D eigenvalue weighted by Crippen LogP contribution is 2.35. The van der Waals surface area contributed by atoms with E-state index in [2.05, 4.69) is 20.8 Å². The number of hydrogen-bond donors (Lipinski definition) is 1. The smallest absolute Gasteiger partial charge is 0.323 e. The zero-order valence-corrected chi connectivity index (χ0v) is 14.0. The summed E-state index contributed by atoms with van der Waals surface area (Å²) in [7, 11) is 0. The van der Waals surface area contributed by atoms with E-state index in [1.807, 2.05) is 30.3 Å². The average molecular weight is 303 g/mol. The summed E-state index contributed by atoms with van der Waals surface area (Å²) in [6, 6.07) is 9.30. The molecule has 1 fully saturated rings. The first kappa shape index (κ1) is 17.0. The highest BCUT2D eigenvalue weighted by Gasteiger charge is 2.34. The normalized spacial score (nSPS) is 26.7. The summed E-state index contributed by atoms with van der Waals surface area (Å²) in [5.41, 5.74) is 7.12. The lowest BCUT2D eigenvalue weighted by Gasteiger charge is -2.37. The fourth-order valence-electron chi connectivity index (χ4n) is 3.44.